The fourth-order valence-electron chi connectivity index (χ4n) is 1.92. The van der Waals surface area contributed by atoms with Crippen molar-refractivity contribution in [2.24, 2.45) is 15.9 Å². The first-order chi connectivity index (χ1) is 11.6. The van der Waals surface area contributed by atoms with Gasteiger partial charge in [-0.15, -0.1) is 5.10 Å². The molecule has 0 saturated heterocycles. The lowest BCUT2D eigenvalue weighted by molar-refractivity contribution is 0.0827. The minimum absolute atomic E-state index is 0.0494. The van der Waals surface area contributed by atoms with Crippen LogP contribution in [0.4, 0.5) is 0 Å². The van der Waals surface area contributed by atoms with Gasteiger partial charge in [-0.3, -0.25) is 4.79 Å². The Morgan fingerprint density at radius 2 is 1.92 bits per heavy atom. The van der Waals surface area contributed by atoms with E-state index in [4.69, 9.17) is 5.73 Å². The van der Waals surface area contributed by atoms with E-state index in [1.54, 1.807) is 32.4 Å². The van der Waals surface area contributed by atoms with E-state index < -0.39 is 0 Å². The van der Waals surface area contributed by atoms with Crippen molar-refractivity contribution in [3.63, 3.8) is 0 Å². The zero-order valence-corrected chi connectivity index (χ0v) is 14.5. The highest BCUT2D eigenvalue weighted by molar-refractivity contribution is 8.13. The van der Waals surface area contributed by atoms with Crippen molar-refractivity contribution in [3.05, 3.63) is 71.3 Å². The highest BCUT2D eigenvalue weighted by Crippen LogP contribution is 2.11. The Hall–Kier alpha value is -2.60. The minimum atomic E-state index is -0.0494. The largest absolute Gasteiger partial charge is 0.377 e. The van der Waals surface area contributed by atoms with Gasteiger partial charge in [0, 0.05) is 25.4 Å². The van der Waals surface area contributed by atoms with E-state index in [0.717, 1.165) is 11.3 Å². The second kappa shape index (κ2) is 8.88. The molecule has 0 radical (unpaired) electrons. The first-order valence-corrected chi connectivity index (χ1v) is 8.40. The van der Waals surface area contributed by atoms with Crippen molar-refractivity contribution in [1.29, 1.82) is 0 Å². The average Bonchev–Trinajstić information content (AvgIpc) is 2.60. The number of nitrogens with two attached hydrogens (primary N) is 1. The summed E-state index contributed by atoms with van der Waals surface area (Å²) < 4.78 is 0. The van der Waals surface area contributed by atoms with Gasteiger partial charge in [-0.2, -0.15) is 5.10 Å². The van der Waals surface area contributed by atoms with E-state index in [0.29, 0.717) is 10.7 Å². The van der Waals surface area contributed by atoms with Crippen LogP contribution in [-0.2, 0) is 5.75 Å². The van der Waals surface area contributed by atoms with Crippen LogP contribution in [0.5, 0.6) is 0 Å². The maximum absolute atomic E-state index is 11.9. The Balaban J connectivity index is 1.95. The van der Waals surface area contributed by atoms with Gasteiger partial charge in [0.1, 0.15) is 0 Å². The number of benzene rings is 2. The van der Waals surface area contributed by atoms with Crippen LogP contribution in [-0.4, -0.2) is 36.3 Å². The summed E-state index contributed by atoms with van der Waals surface area (Å²) in [5.41, 5.74) is 8.43. The number of amides is 1. The molecule has 2 rings (SSSR count). The smallest absolute Gasteiger partial charge is 0.253 e. The van der Waals surface area contributed by atoms with E-state index in [1.807, 2.05) is 42.5 Å². The summed E-state index contributed by atoms with van der Waals surface area (Å²) >= 11 is 1.43. The van der Waals surface area contributed by atoms with Crippen molar-refractivity contribution in [1.82, 2.24) is 4.90 Å². The quantitative estimate of drug-likeness (QED) is 0.517. The monoisotopic (exact) mass is 340 g/mol. The molecule has 0 heterocycles. The van der Waals surface area contributed by atoms with Crippen LogP contribution in [0.1, 0.15) is 21.5 Å². The molecule has 0 aliphatic carbocycles. The van der Waals surface area contributed by atoms with Crippen LogP contribution in [0.25, 0.3) is 0 Å². The lowest BCUT2D eigenvalue weighted by atomic mass is 10.1. The van der Waals surface area contributed by atoms with Crippen LogP contribution in [0.15, 0.2) is 64.8 Å². The van der Waals surface area contributed by atoms with Crippen molar-refractivity contribution < 1.29 is 4.79 Å². The number of nitrogens with zero attached hydrogens (tertiary/aromatic N) is 3. The average molecular weight is 340 g/mol. The Bertz CT molecular complexity index is 742. The lowest BCUT2D eigenvalue weighted by Gasteiger charge is -2.10. The number of hydrogen-bond acceptors (Lipinski definition) is 4. The molecule has 2 aromatic rings. The van der Waals surface area contributed by atoms with Gasteiger partial charge in [-0.25, -0.2) is 0 Å². The summed E-state index contributed by atoms with van der Waals surface area (Å²) in [5.74, 6) is 0.699. The summed E-state index contributed by atoms with van der Waals surface area (Å²) in [4.78, 5) is 13.5. The molecular weight excluding hydrogens is 320 g/mol. The SMILES string of the molecule is CN(C)C(=O)c1cccc(C=NN=C(N)SCc2ccccc2)c1. The van der Waals surface area contributed by atoms with Crippen molar-refractivity contribution in [3.8, 4) is 0 Å². The third-order valence-corrected chi connectivity index (χ3v) is 3.99. The molecule has 0 fully saturated rings. The normalized spacial score (nSPS) is 11.7. The Labute approximate surface area is 146 Å². The third-order valence-electron chi connectivity index (χ3n) is 3.13. The third kappa shape index (κ3) is 5.55. The van der Waals surface area contributed by atoms with Gasteiger partial charge in [-0.1, -0.05) is 54.2 Å². The van der Waals surface area contributed by atoms with E-state index in [1.165, 1.54) is 22.2 Å². The molecule has 2 N–H and O–H groups in total. The van der Waals surface area contributed by atoms with Gasteiger partial charge in [-0.05, 0) is 23.3 Å². The number of carbonyl (C=O) groups is 1. The summed E-state index contributed by atoms with van der Waals surface area (Å²) in [6, 6.07) is 17.3. The first-order valence-electron chi connectivity index (χ1n) is 7.41. The molecule has 0 saturated carbocycles. The second-order valence-electron chi connectivity index (χ2n) is 5.28. The summed E-state index contributed by atoms with van der Waals surface area (Å²) in [7, 11) is 3.44. The fraction of sp³-hybridized carbons (Fsp3) is 0.167. The fourth-order valence-corrected chi connectivity index (χ4v) is 2.53. The van der Waals surface area contributed by atoms with Gasteiger partial charge in [0.2, 0.25) is 0 Å². The molecule has 0 aliphatic heterocycles. The molecule has 6 heteroatoms. The van der Waals surface area contributed by atoms with E-state index in [2.05, 4.69) is 10.2 Å². The lowest BCUT2D eigenvalue weighted by Crippen LogP contribution is -2.21. The van der Waals surface area contributed by atoms with Crippen LogP contribution >= 0.6 is 11.8 Å². The molecule has 0 bridgehead atoms. The van der Waals surface area contributed by atoms with Gasteiger partial charge in [0.05, 0.1) is 6.21 Å². The number of hydrogen-bond donors (Lipinski definition) is 1. The molecule has 24 heavy (non-hydrogen) atoms. The molecule has 0 aliphatic rings. The van der Waals surface area contributed by atoms with Gasteiger partial charge in [0.25, 0.3) is 5.91 Å². The molecule has 1 amide bonds. The maximum Gasteiger partial charge on any atom is 0.253 e. The predicted molar refractivity (Wildman–Crippen MR) is 101 cm³/mol. The molecular formula is C18H20N4OS. The summed E-state index contributed by atoms with van der Waals surface area (Å²) in [5, 5.41) is 8.37. The van der Waals surface area contributed by atoms with E-state index in [9.17, 15) is 4.79 Å². The minimum Gasteiger partial charge on any atom is -0.377 e. The molecule has 0 atom stereocenters. The van der Waals surface area contributed by atoms with Gasteiger partial charge in [0.15, 0.2) is 5.17 Å². The summed E-state index contributed by atoms with van der Waals surface area (Å²) in [6.45, 7) is 0. The molecule has 5 nitrogen and oxygen atoms in total. The number of carbonyl (C=O) groups excluding carboxylic acids is 1. The van der Waals surface area contributed by atoms with Crippen LogP contribution < -0.4 is 5.73 Å². The van der Waals surface area contributed by atoms with Crippen LogP contribution in [0.2, 0.25) is 0 Å². The zero-order valence-electron chi connectivity index (χ0n) is 13.7. The molecule has 0 unspecified atom stereocenters. The van der Waals surface area contributed by atoms with Gasteiger partial charge >= 0.3 is 0 Å². The van der Waals surface area contributed by atoms with E-state index in [-0.39, 0.29) is 5.91 Å². The van der Waals surface area contributed by atoms with Crippen molar-refractivity contribution in [2.45, 2.75) is 5.75 Å². The molecule has 0 aromatic heterocycles. The molecule has 124 valence electrons. The number of rotatable bonds is 5. The number of thioether (sulfide) groups is 1. The Morgan fingerprint density at radius 3 is 2.62 bits per heavy atom. The zero-order chi connectivity index (χ0) is 17.4. The second-order valence-corrected chi connectivity index (χ2v) is 6.28. The standard InChI is InChI=1S/C18H20N4OS/c1-22(2)17(23)16-10-6-9-15(11-16)12-20-21-18(19)24-13-14-7-4-3-5-8-14/h3-12H,13H2,1-2H3,(H2,19,21). The molecule has 0 spiro atoms. The van der Waals surface area contributed by atoms with Crippen molar-refractivity contribution >= 4 is 29.1 Å². The van der Waals surface area contributed by atoms with Gasteiger partial charge < -0.3 is 10.6 Å². The Morgan fingerprint density at radius 1 is 1.17 bits per heavy atom. The molecule has 2 aromatic carbocycles. The van der Waals surface area contributed by atoms with Crippen LogP contribution in [0, 0.1) is 0 Å². The topological polar surface area (TPSA) is 71.0 Å². The maximum atomic E-state index is 11.9. The van der Waals surface area contributed by atoms with E-state index >= 15 is 0 Å². The summed E-state index contributed by atoms with van der Waals surface area (Å²) in [6.07, 6.45) is 1.59. The van der Waals surface area contributed by atoms with Crippen molar-refractivity contribution in [2.75, 3.05) is 14.1 Å². The predicted octanol–water partition coefficient (Wildman–Crippen LogP) is 2.97. The highest BCUT2D eigenvalue weighted by atomic mass is 32.2. The number of amidine groups is 1. The van der Waals surface area contributed by atoms with Crippen LogP contribution in [0.3, 0.4) is 0 Å². The first kappa shape index (κ1) is 17.7. The highest BCUT2D eigenvalue weighted by Gasteiger charge is 2.07. The Kier molecular flexibility index (Phi) is 6.57.